The van der Waals surface area contributed by atoms with E-state index in [0.717, 1.165) is 33.4 Å². The Kier molecular flexibility index (Phi) is 4.64. The Bertz CT molecular complexity index is 489. The van der Waals surface area contributed by atoms with Crippen molar-refractivity contribution in [2.24, 2.45) is 0 Å². The first-order valence-corrected chi connectivity index (χ1v) is 7.26. The average molecular weight is 331 g/mol. The minimum absolute atomic E-state index is 0.768. The van der Waals surface area contributed by atoms with Crippen LogP contribution >= 0.6 is 39.9 Å². The van der Waals surface area contributed by atoms with Crippen molar-refractivity contribution in [3.63, 3.8) is 0 Å². The topological polar surface area (TPSA) is 49.8 Å². The van der Waals surface area contributed by atoms with Crippen LogP contribution in [0.4, 0.5) is 16.6 Å². The molecule has 0 saturated carbocycles. The summed E-state index contributed by atoms with van der Waals surface area (Å²) >= 11 is 9.16. The fourth-order valence-corrected chi connectivity index (χ4v) is 2.65. The van der Waals surface area contributed by atoms with Crippen LogP contribution in [-0.2, 0) is 0 Å². The second-order valence-electron chi connectivity index (χ2n) is 3.19. The van der Waals surface area contributed by atoms with Crippen molar-refractivity contribution in [2.45, 2.75) is 0 Å². The summed E-state index contributed by atoms with van der Waals surface area (Å²) in [5.74, 6) is 2.34. The Morgan fingerprint density at radius 1 is 1.29 bits per heavy atom. The number of anilines is 3. The normalized spacial score (nSPS) is 10.2. The van der Waals surface area contributed by atoms with E-state index in [0.29, 0.717) is 0 Å². The van der Waals surface area contributed by atoms with Gasteiger partial charge in [-0.2, -0.15) is 12.6 Å². The van der Waals surface area contributed by atoms with Gasteiger partial charge in [0.05, 0.1) is 5.00 Å². The molecule has 0 atom stereocenters. The fourth-order valence-electron chi connectivity index (χ4n) is 1.21. The number of nitrogens with zero attached hydrogens (tertiary/aromatic N) is 2. The van der Waals surface area contributed by atoms with Gasteiger partial charge >= 0.3 is 0 Å². The molecule has 2 aromatic heterocycles. The summed E-state index contributed by atoms with van der Waals surface area (Å²) in [6.07, 6.45) is 1.53. The highest BCUT2D eigenvalue weighted by atomic mass is 79.9. The molecule has 0 amide bonds. The van der Waals surface area contributed by atoms with Crippen LogP contribution in [0.2, 0.25) is 0 Å². The van der Waals surface area contributed by atoms with Crippen molar-refractivity contribution in [1.29, 1.82) is 0 Å². The zero-order valence-corrected chi connectivity index (χ0v) is 12.1. The Balaban J connectivity index is 2.05. The third-order valence-corrected chi connectivity index (χ3v) is 3.73. The van der Waals surface area contributed by atoms with Gasteiger partial charge in [0.1, 0.15) is 18.0 Å². The molecule has 0 aliphatic rings. The molecule has 0 aromatic carbocycles. The number of thiophene rings is 1. The summed E-state index contributed by atoms with van der Waals surface area (Å²) in [7, 11) is 0. The van der Waals surface area contributed by atoms with Crippen molar-refractivity contribution in [3.8, 4) is 0 Å². The fraction of sp³-hybridized carbons (Fsp3) is 0.200. The lowest BCUT2D eigenvalue weighted by molar-refractivity contribution is 1.12. The van der Waals surface area contributed by atoms with Crippen LogP contribution in [0.1, 0.15) is 0 Å². The second kappa shape index (κ2) is 6.23. The van der Waals surface area contributed by atoms with Gasteiger partial charge in [-0.1, -0.05) is 0 Å². The molecule has 2 heterocycles. The van der Waals surface area contributed by atoms with Crippen molar-refractivity contribution >= 4 is 56.5 Å². The highest BCUT2D eigenvalue weighted by Crippen LogP contribution is 2.27. The lowest BCUT2D eigenvalue weighted by Gasteiger charge is -2.06. The van der Waals surface area contributed by atoms with Gasteiger partial charge in [-0.3, -0.25) is 0 Å². The van der Waals surface area contributed by atoms with E-state index in [4.69, 9.17) is 0 Å². The summed E-state index contributed by atoms with van der Waals surface area (Å²) in [6.45, 7) is 0.782. The van der Waals surface area contributed by atoms with Gasteiger partial charge in [0.25, 0.3) is 0 Å². The lowest BCUT2D eigenvalue weighted by Crippen LogP contribution is -2.05. The molecule has 17 heavy (non-hydrogen) atoms. The monoisotopic (exact) mass is 330 g/mol. The van der Waals surface area contributed by atoms with Gasteiger partial charge in [0.15, 0.2) is 0 Å². The van der Waals surface area contributed by atoms with Gasteiger partial charge in [-0.25, -0.2) is 9.97 Å². The van der Waals surface area contributed by atoms with E-state index < -0.39 is 0 Å². The van der Waals surface area contributed by atoms with E-state index in [1.807, 2.05) is 17.5 Å². The molecule has 90 valence electrons. The van der Waals surface area contributed by atoms with Crippen LogP contribution in [0.15, 0.2) is 28.3 Å². The summed E-state index contributed by atoms with van der Waals surface area (Å²) in [6, 6.07) is 3.88. The Morgan fingerprint density at radius 3 is 2.82 bits per heavy atom. The predicted molar refractivity (Wildman–Crippen MR) is 79.7 cm³/mol. The molecule has 0 spiro atoms. The molecule has 0 unspecified atom stereocenters. The molecule has 0 aliphatic heterocycles. The number of rotatable bonds is 5. The maximum atomic E-state index is 4.16. The number of thiol groups is 1. The van der Waals surface area contributed by atoms with Gasteiger partial charge in [-0.05, 0) is 22.0 Å². The van der Waals surface area contributed by atoms with Crippen LogP contribution < -0.4 is 10.6 Å². The molecule has 0 aliphatic carbocycles. The van der Waals surface area contributed by atoms with Gasteiger partial charge in [-0.15, -0.1) is 11.3 Å². The van der Waals surface area contributed by atoms with Crippen LogP contribution in [-0.4, -0.2) is 22.3 Å². The summed E-state index contributed by atoms with van der Waals surface area (Å²) in [4.78, 5) is 8.28. The first-order chi connectivity index (χ1) is 8.28. The van der Waals surface area contributed by atoms with Crippen LogP contribution in [0, 0.1) is 0 Å². The van der Waals surface area contributed by atoms with Crippen molar-refractivity contribution in [1.82, 2.24) is 9.97 Å². The quantitative estimate of drug-likeness (QED) is 0.735. The van der Waals surface area contributed by atoms with Gasteiger partial charge in [0, 0.05) is 28.2 Å². The third-order valence-electron chi connectivity index (χ3n) is 1.90. The van der Waals surface area contributed by atoms with E-state index >= 15 is 0 Å². The molecule has 0 saturated heterocycles. The Labute approximate surface area is 117 Å². The summed E-state index contributed by atoms with van der Waals surface area (Å²) in [5.41, 5.74) is 0. The van der Waals surface area contributed by atoms with E-state index in [9.17, 15) is 0 Å². The van der Waals surface area contributed by atoms with Crippen LogP contribution in [0.3, 0.4) is 0 Å². The summed E-state index contributed by atoms with van der Waals surface area (Å²) in [5, 5.41) is 9.43. The molecular formula is C10H11BrN4S2. The van der Waals surface area contributed by atoms with E-state index in [1.165, 1.54) is 6.33 Å². The lowest BCUT2D eigenvalue weighted by atomic mass is 10.5. The number of aromatic nitrogens is 2. The zero-order chi connectivity index (χ0) is 12.1. The van der Waals surface area contributed by atoms with Crippen molar-refractivity contribution < 1.29 is 0 Å². The number of halogens is 1. The van der Waals surface area contributed by atoms with E-state index in [-0.39, 0.29) is 0 Å². The number of hydrogen-bond acceptors (Lipinski definition) is 6. The van der Waals surface area contributed by atoms with Gasteiger partial charge < -0.3 is 10.6 Å². The molecule has 0 radical (unpaired) electrons. The maximum Gasteiger partial charge on any atom is 0.136 e. The first kappa shape index (κ1) is 12.7. The molecule has 7 heteroatoms. The SMILES string of the molecule is SCCNc1cc(Nc2cc(Br)cs2)ncn1. The second-order valence-corrected chi connectivity index (χ2v) is 5.47. The highest BCUT2D eigenvalue weighted by Gasteiger charge is 2.01. The van der Waals surface area contributed by atoms with Crippen molar-refractivity contribution in [2.75, 3.05) is 22.9 Å². The number of hydrogen-bond donors (Lipinski definition) is 3. The smallest absolute Gasteiger partial charge is 0.136 e. The summed E-state index contributed by atoms with van der Waals surface area (Å²) < 4.78 is 1.06. The average Bonchev–Trinajstić information content (AvgIpc) is 2.73. The van der Waals surface area contributed by atoms with E-state index in [1.54, 1.807) is 11.3 Å². The highest BCUT2D eigenvalue weighted by molar-refractivity contribution is 9.10. The van der Waals surface area contributed by atoms with Gasteiger partial charge in [0.2, 0.25) is 0 Å². The molecule has 0 fully saturated rings. The standard InChI is InChI=1S/C10H11BrN4S2/c11-7-3-10(17-5-7)15-9-4-8(12-1-2-16)13-6-14-9/h3-6,16H,1-2H2,(H2,12,13,14,15). The molecule has 0 bridgehead atoms. The molecule has 2 aromatic rings. The first-order valence-electron chi connectivity index (χ1n) is 4.96. The third kappa shape index (κ3) is 3.86. The minimum Gasteiger partial charge on any atom is -0.369 e. The predicted octanol–water partition coefficient (Wildman–Crippen LogP) is 3.39. The minimum atomic E-state index is 0.768. The molecule has 2 rings (SSSR count). The zero-order valence-electron chi connectivity index (χ0n) is 8.85. The molecular weight excluding hydrogens is 320 g/mol. The van der Waals surface area contributed by atoms with Crippen LogP contribution in [0.25, 0.3) is 0 Å². The van der Waals surface area contributed by atoms with Crippen molar-refractivity contribution in [3.05, 3.63) is 28.3 Å². The van der Waals surface area contributed by atoms with Crippen LogP contribution in [0.5, 0.6) is 0 Å². The molecule has 4 nitrogen and oxygen atoms in total. The van der Waals surface area contributed by atoms with E-state index in [2.05, 4.69) is 49.2 Å². The Hall–Kier alpha value is -0.790. The maximum absolute atomic E-state index is 4.16. The largest absolute Gasteiger partial charge is 0.369 e. The number of nitrogens with one attached hydrogen (secondary N) is 2. The molecule has 2 N–H and O–H groups in total. The Morgan fingerprint density at radius 2 is 2.12 bits per heavy atom.